The van der Waals surface area contributed by atoms with Gasteiger partial charge in [-0.3, -0.25) is 4.79 Å². The maximum Gasteiger partial charge on any atom is 0.276 e. The van der Waals surface area contributed by atoms with Crippen molar-refractivity contribution in [1.82, 2.24) is 10.2 Å². The Balaban J connectivity index is 2.18. The Labute approximate surface area is 112 Å². The molecule has 1 aromatic carbocycles. The minimum absolute atomic E-state index is 0.0263. The predicted molar refractivity (Wildman–Crippen MR) is 69.2 cm³/mol. The number of hydrogen-bond donors (Lipinski definition) is 3. The van der Waals surface area contributed by atoms with Gasteiger partial charge in [-0.15, -0.1) is 10.2 Å². The van der Waals surface area contributed by atoms with Gasteiger partial charge < -0.3 is 10.7 Å². The Morgan fingerprint density at radius 3 is 2.68 bits per heavy atom. The van der Waals surface area contributed by atoms with Crippen molar-refractivity contribution in [3.63, 3.8) is 0 Å². The Hall–Kier alpha value is -2.25. The topological polar surface area (TPSA) is 92.9 Å². The summed E-state index contributed by atoms with van der Waals surface area (Å²) in [6, 6.07) is 7.17. The number of hydrogen-bond acceptors (Lipinski definition) is 5. The van der Waals surface area contributed by atoms with Crippen LogP contribution >= 0.6 is 11.6 Å². The van der Waals surface area contributed by atoms with Crippen LogP contribution in [0.5, 0.6) is 0 Å². The van der Waals surface area contributed by atoms with Gasteiger partial charge in [0.05, 0.1) is 10.7 Å². The van der Waals surface area contributed by atoms with Crippen LogP contribution in [-0.4, -0.2) is 16.1 Å². The monoisotopic (exact) mass is 281 g/mol. The number of benzene rings is 1. The predicted octanol–water partition coefficient (Wildman–Crippen LogP) is 1.81. The van der Waals surface area contributed by atoms with Gasteiger partial charge >= 0.3 is 0 Å². The van der Waals surface area contributed by atoms with E-state index in [9.17, 15) is 9.18 Å². The minimum Gasteiger partial charge on any atom is -0.318 e. The van der Waals surface area contributed by atoms with E-state index in [1.54, 1.807) is 0 Å². The molecule has 8 heteroatoms. The van der Waals surface area contributed by atoms with Crippen LogP contribution in [-0.2, 0) is 0 Å². The van der Waals surface area contributed by atoms with Crippen LogP contribution in [0.15, 0.2) is 30.3 Å². The summed E-state index contributed by atoms with van der Waals surface area (Å²) in [6.45, 7) is 0. The molecule has 0 saturated carbocycles. The van der Waals surface area contributed by atoms with Crippen molar-refractivity contribution in [3.05, 3.63) is 46.9 Å². The molecular weight excluding hydrogens is 273 g/mol. The van der Waals surface area contributed by atoms with Gasteiger partial charge in [-0.25, -0.2) is 10.2 Å². The number of amides is 1. The summed E-state index contributed by atoms with van der Waals surface area (Å²) in [5.74, 6) is 4.13. The van der Waals surface area contributed by atoms with E-state index in [1.165, 1.54) is 30.3 Å². The van der Waals surface area contributed by atoms with Crippen LogP contribution in [0.4, 0.5) is 15.9 Å². The molecule has 0 aliphatic rings. The van der Waals surface area contributed by atoms with E-state index in [1.807, 2.05) is 0 Å². The highest BCUT2D eigenvalue weighted by molar-refractivity contribution is 6.31. The lowest BCUT2D eigenvalue weighted by Crippen LogP contribution is -2.16. The number of carbonyl (C=O) groups is 1. The molecule has 4 N–H and O–H groups in total. The zero-order valence-corrected chi connectivity index (χ0v) is 10.3. The van der Waals surface area contributed by atoms with Gasteiger partial charge in [0.15, 0.2) is 17.3 Å². The van der Waals surface area contributed by atoms with Gasteiger partial charge in [-0.1, -0.05) is 17.7 Å². The Bertz CT molecular complexity index is 605. The van der Waals surface area contributed by atoms with Crippen LogP contribution in [0.2, 0.25) is 5.02 Å². The standard InChI is InChI=1S/C11H9ClFN5O/c12-6-2-1-3-7(10(6)13)15-11(19)8-4-5-9(16-14)18-17-8/h1-5H,14H2,(H,15,19)(H,16,18). The average Bonchev–Trinajstić information content (AvgIpc) is 2.44. The molecule has 0 unspecified atom stereocenters. The van der Waals surface area contributed by atoms with E-state index in [0.29, 0.717) is 5.82 Å². The van der Waals surface area contributed by atoms with Gasteiger partial charge in [-0.05, 0) is 24.3 Å². The smallest absolute Gasteiger partial charge is 0.276 e. The summed E-state index contributed by atoms with van der Waals surface area (Å²) in [5.41, 5.74) is 2.28. The van der Waals surface area contributed by atoms with Crippen molar-refractivity contribution in [2.24, 2.45) is 5.84 Å². The molecule has 0 fully saturated rings. The largest absolute Gasteiger partial charge is 0.318 e. The van der Waals surface area contributed by atoms with Crippen molar-refractivity contribution >= 4 is 29.0 Å². The molecule has 0 atom stereocenters. The molecule has 1 heterocycles. The van der Waals surface area contributed by atoms with E-state index in [2.05, 4.69) is 20.9 Å². The molecule has 2 aromatic rings. The van der Waals surface area contributed by atoms with Gasteiger partial charge in [0.2, 0.25) is 0 Å². The molecule has 98 valence electrons. The lowest BCUT2D eigenvalue weighted by Gasteiger charge is -2.06. The molecule has 0 spiro atoms. The maximum absolute atomic E-state index is 13.6. The number of halogens is 2. The van der Waals surface area contributed by atoms with E-state index < -0.39 is 11.7 Å². The number of nitrogen functional groups attached to an aromatic ring is 1. The number of anilines is 2. The highest BCUT2D eigenvalue weighted by Gasteiger charge is 2.12. The summed E-state index contributed by atoms with van der Waals surface area (Å²) < 4.78 is 13.6. The van der Waals surface area contributed by atoms with Crippen LogP contribution in [0, 0.1) is 5.82 Å². The minimum atomic E-state index is -0.703. The van der Waals surface area contributed by atoms with Crippen molar-refractivity contribution in [1.29, 1.82) is 0 Å². The normalized spacial score (nSPS) is 10.1. The fourth-order valence-corrected chi connectivity index (χ4v) is 1.49. The maximum atomic E-state index is 13.6. The molecular formula is C11H9ClFN5O. The molecule has 6 nitrogen and oxygen atoms in total. The summed E-state index contributed by atoms with van der Waals surface area (Å²) >= 11 is 5.61. The van der Waals surface area contributed by atoms with E-state index in [-0.39, 0.29) is 16.4 Å². The molecule has 0 bridgehead atoms. The summed E-state index contributed by atoms with van der Waals surface area (Å²) in [7, 11) is 0. The van der Waals surface area contributed by atoms with E-state index in [4.69, 9.17) is 17.4 Å². The highest BCUT2D eigenvalue weighted by Crippen LogP contribution is 2.22. The second kappa shape index (κ2) is 5.59. The van der Waals surface area contributed by atoms with Crippen LogP contribution < -0.4 is 16.6 Å². The van der Waals surface area contributed by atoms with E-state index in [0.717, 1.165) is 0 Å². The number of hydrazine groups is 1. The third kappa shape index (κ3) is 2.95. The Morgan fingerprint density at radius 2 is 2.05 bits per heavy atom. The first-order valence-corrected chi connectivity index (χ1v) is 5.55. The second-order valence-electron chi connectivity index (χ2n) is 3.50. The summed E-state index contributed by atoms with van der Waals surface area (Å²) in [6.07, 6.45) is 0. The van der Waals surface area contributed by atoms with Gasteiger partial charge in [0.1, 0.15) is 0 Å². The molecule has 19 heavy (non-hydrogen) atoms. The van der Waals surface area contributed by atoms with Crippen LogP contribution in [0.3, 0.4) is 0 Å². The first-order chi connectivity index (χ1) is 9.11. The average molecular weight is 282 g/mol. The first kappa shape index (κ1) is 13.2. The molecule has 2 rings (SSSR count). The number of carbonyl (C=O) groups excluding carboxylic acids is 1. The van der Waals surface area contributed by atoms with Crippen LogP contribution in [0.25, 0.3) is 0 Å². The van der Waals surface area contributed by atoms with Crippen LogP contribution in [0.1, 0.15) is 10.5 Å². The van der Waals surface area contributed by atoms with Crippen molar-refractivity contribution < 1.29 is 9.18 Å². The van der Waals surface area contributed by atoms with Gasteiger partial charge in [0.25, 0.3) is 5.91 Å². The third-order valence-electron chi connectivity index (χ3n) is 2.24. The molecule has 0 aliphatic carbocycles. The van der Waals surface area contributed by atoms with Crippen molar-refractivity contribution in [2.45, 2.75) is 0 Å². The molecule has 0 saturated heterocycles. The molecule has 1 amide bonds. The zero-order valence-electron chi connectivity index (χ0n) is 9.52. The summed E-state index contributed by atoms with van der Waals surface area (Å²) in [5, 5.41) is 9.55. The fraction of sp³-hybridized carbons (Fsp3) is 0. The summed E-state index contributed by atoms with van der Waals surface area (Å²) in [4.78, 5) is 11.8. The van der Waals surface area contributed by atoms with Gasteiger partial charge in [0, 0.05) is 0 Å². The van der Waals surface area contributed by atoms with E-state index >= 15 is 0 Å². The van der Waals surface area contributed by atoms with Gasteiger partial charge in [-0.2, -0.15) is 0 Å². The number of nitrogens with zero attached hydrogens (tertiary/aromatic N) is 2. The fourth-order valence-electron chi connectivity index (χ4n) is 1.32. The quantitative estimate of drug-likeness (QED) is 0.589. The molecule has 0 aliphatic heterocycles. The number of nitrogens with two attached hydrogens (primary N) is 1. The number of aromatic nitrogens is 2. The molecule has 1 aromatic heterocycles. The van der Waals surface area contributed by atoms with Crippen molar-refractivity contribution in [3.8, 4) is 0 Å². The first-order valence-electron chi connectivity index (χ1n) is 5.17. The lowest BCUT2D eigenvalue weighted by atomic mass is 10.3. The van der Waals surface area contributed by atoms with Crippen molar-refractivity contribution in [2.75, 3.05) is 10.7 Å². The highest BCUT2D eigenvalue weighted by atomic mass is 35.5. The second-order valence-corrected chi connectivity index (χ2v) is 3.91. The SMILES string of the molecule is NNc1ccc(C(=O)Nc2cccc(Cl)c2F)nn1. The third-order valence-corrected chi connectivity index (χ3v) is 2.54. The Morgan fingerprint density at radius 1 is 1.26 bits per heavy atom. The number of rotatable bonds is 3. The molecule has 0 radical (unpaired) electrons. The Kier molecular flexibility index (Phi) is 3.88. The lowest BCUT2D eigenvalue weighted by molar-refractivity contribution is 0.102. The number of nitrogens with one attached hydrogen (secondary N) is 2. The zero-order chi connectivity index (χ0) is 13.8.